The summed E-state index contributed by atoms with van der Waals surface area (Å²) in [6.45, 7) is 0. The Balaban J connectivity index is 2.24. The summed E-state index contributed by atoms with van der Waals surface area (Å²) < 4.78 is 26.7. The number of phenolic OH excluding ortho intramolecular Hbond substituents is 1. The third-order valence-electron chi connectivity index (χ3n) is 2.32. The zero-order chi connectivity index (χ0) is 13.1. The quantitative estimate of drug-likeness (QED) is 0.804. The zero-order valence-electron chi connectivity index (χ0n) is 9.15. The average Bonchev–Trinajstić information content (AvgIpc) is 2.33. The zero-order valence-corrected chi connectivity index (χ0v) is 9.15. The number of halogens is 2. The van der Waals surface area contributed by atoms with Gasteiger partial charge in [-0.1, -0.05) is 12.1 Å². The van der Waals surface area contributed by atoms with Crippen molar-refractivity contribution in [3.63, 3.8) is 0 Å². The van der Waals surface area contributed by atoms with Crippen LogP contribution < -0.4 is 5.32 Å². The second-order valence-corrected chi connectivity index (χ2v) is 3.60. The molecule has 5 heteroatoms. The van der Waals surface area contributed by atoms with E-state index in [0.717, 1.165) is 12.1 Å². The van der Waals surface area contributed by atoms with Gasteiger partial charge in [-0.15, -0.1) is 0 Å². The maximum atomic E-state index is 13.4. The van der Waals surface area contributed by atoms with E-state index < -0.39 is 17.5 Å². The van der Waals surface area contributed by atoms with E-state index in [4.69, 9.17) is 5.11 Å². The Labute approximate surface area is 102 Å². The van der Waals surface area contributed by atoms with Crippen LogP contribution in [0.3, 0.4) is 0 Å². The highest BCUT2D eigenvalue weighted by molar-refractivity contribution is 6.04. The van der Waals surface area contributed by atoms with Crippen LogP contribution in [0.15, 0.2) is 42.5 Å². The van der Waals surface area contributed by atoms with Crippen molar-refractivity contribution in [3.05, 3.63) is 59.7 Å². The maximum absolute atomic E-state index is 13.4. The molecule has 0 aliphatic rings. The van der Waals surface area contributed by atoms with Crippen molar-refractivity contribution in [2.24, 2.45) is 0 Å². The summed E-state index contributed by atoms with van der Waals surface area (Å²) in [5.74, 6) is -2.48. The van der Waals surface area contributed by atoms with E-state index in [1.165, 1.54) is 30.3 Å². The lowest BCUT2D eigenvalue weighted by Crippen LogP contribution is -2.14. The van der Waals surface area contributed by atoms with Gasteiger partial charge in [-0.25, -0.2) is 8.78 Å². The van der Waals surface area contributed by atoms with Crippen LogP contribution in [0, 0.1) is 11.6 Å². The first-order valence-electron chi connectivity index (χ1n) is 5.12. The van der Waals surface area contributed by atoms with Crippen molar-refractivity contribution in [1.29, 1.82) is 0 Å². The Morgan fingerprint density at radius 1 is 1.06 bits per heavy atom. The molecular weight excluding hydrogens is 240 g/mol. The summed E-state index contributed by atoms with van der Waals surface area (Å²) in [5.41, 5.74) is -0.300. The van der Waals surface area contributed by atoms with Gasteiger partial charge >= 0.3 is 0 Å². The van der Waals surface area contributed by atoms with Gasteiger partial charge in [0, 0.05) is 6.07 Å². The van der Waals surface area contributed by atoms with E-state index in [1.807, 2.05) is 0 Å². The SMILES string of the molecule is O=C(Nc1ccc(O)cc1F)c1ccccc1F. The molecule has 2 aromatic carbocycles. The fourth-order valence-corrected chi connectivity index (χ4v) is 1.44. The highest BCUT2D eigenvalue weighted by Crippen LogP contribution is 2.20. The van der Waals surface area contributed by atoms with Gasteiger partial charge in [-0.05, 0) is 24.3 Å². The molecule has 18 heavy (non-hydrogen) atoms. The molecule has 0 unspecified atom stereocenters. The average molecular weight is 249 g/mol. The minimum Gasteiger partial charge on any atom is -0.508 e. The van der Waals surface area contributed by atoms with Crippen molar-refractivity contribution in [3.8, 4) is 5.75 Å². The molecule has 0 fully saturated rings. The molecule has 0 aromatic heterocycles. The van der Waals surface area contributed by atoms with Gasteiger partial charge < -0.3 is 10.4 Å². The number of hydrogen-bond acceptors (Lipinski definition) is 2. The summed E-state index contributed by atoms with van der Waals surface area (Å²) in [7, 11) is 0. The van der Waals surface area contributed by atoms with Crippen molar-refractivity contribution in [2.75, 3.05) is 5.32 Å². The topological polar surface area (TPSA) is 49.3 Å². The van der Waals surface area contributed by atoms with Crippen molar-refractivity contribution < 1.29 is 18.7 Å². The normalized spacial score (nSPS) is 10.1. The van der Waals surface area contributed by atoms with Gasteiger partial charge in [0.05, 0.1) is 11.3 Å². The van der Waals surface area contributed by atoms with Gasteiger partial charge in [0.2, 0.25) is 0 Å². The van der Waals surface area contributed by atoms with Crippen LogP contribution >= 0.6 is 0 Å². The number of amides is 1. The van der Waals surface area contributed by atoms with E-state index >= 15 is 0 Å². The molecule has 0 radical (unpaired) electrons. The third-order valence-corrected chi connectivity index (χ3v) is 2.32. The number of rotatable bonds is 2. The fourth-order valence-electron chi connectivity index (χ4n) is 1.44. The number of benzene rings is 2. The Morgan fingerprint density at radius 2 is 1.78 bits per heavy atom. The standard InChI is InChI=1S/C13H9F2NO2/c14-10-4-2-1-3-9(10)13(18)16-12-6-5-8(17)7-11(12)15/h1-7,17H,(H,16,18). The van der Waals surface area contributed by atoms with Gasteiger partial charge in [0.25, 0.3) is 5.91 Å². The Kier molecular flexibility index (Phi) is 3.23. The molecule has 1 amide bonds. The van der Waals surface area contributed by atoms with Crippen LogP contribution in [0.1, 0.15) is 10.4 Å². The van der Waals surface area contributed by atoms with Gasteiger partial charge in [-0.2, -0.15) is 0 Å². The van der Waals surface area contributed by atoms with Crippen LogP contribution in [0.25, 0.3) is 0 Å². The van der Waals surface area contributed by atoms with Gasteiger partial charge in [0.15, 0.2) is 0 Å². The molecule has 0 spiro atoms. The molecule has 0 atom stereocenters. The third kappa shape index (κ3) is 2.45. The number of nitrogens with one attached hydrogen (secondary N) is 1. The predicted molar refractivity (Wildman–Crippen MR) is 62.4 cm³/mol. The summed E-state index contributed by atoms with van der Waals surface area (Å²) in [6, 6.07) is 8.67. The van der Waals surface area contributed by atoms with E-state index in [-0.39, 0.29) is 17.0 Å². The summed E-state index contributed by atoms with van der Waals surface area (Å²) >= 11 is 0. The molecular formula is C13H9F2NO2. The molecule has 0 aliphatic carbocycles. The first-order valence-corrected chi connectivity index (χ1v) is 5.12. The van der Waals surface area contributed by atoms with E-state index in [1.54, 1.807) is 0 Å². The lowest BCUT2D eigenvalue weighted by molar-refractivity contribution is 0.102. The number of anilines is 1. The maximum Gasteiger partial charge on any atom is 0.258 e. The van der Waals surface area contributed by atoms with E-state index in [2.05, 4.69) is 5.32 Å². The first-order chi connectivity index (χ1) is 8.58. The number of aromatic hydroxyl groups is 1. The highest BCUT2D eigenvalue weighted by atomic mass is 19.1. The molecule has 0 saturated carbocycles. The minimum absolute atomic E-state index is 0.124. The number of phenols is 1. The van der Waals surface area contributed by atoms with Crippen LogP contribution in [-0.2, 0) is 0 Å². The Bertz CT molecular complexity index is 599. The van der Waals surface area contributed by atoms with E-state index in [9.17, 15) is 13.6 Å². The van der Waals surface area contributed by atoms with Crippen molar-refractivity contribution >= 4 is 11.6 Å². The minimum atomic E-state index is -0.792. The monoisotopic (exact) mass is 249 g/mol. The molecule has 0 saturated heterocycles. The Morgan fingerprint density at radius 3 is 2.44 bits per heavy atom. The van der Waals surface area contributed by atoms with Crippen LogP contribution in [-0.4, -0.2) is 11.0 Å². The molecule has 0 aliphatic heterocycles. The van der Waals surface area contributed by atoms with Crippen LogP contribution in [0.4, 0.5) is 14.5 Å². The second kappa shape index (κ2) is 4.83. The van der Waals surface area contributed by atoms with Crippen LogP contribution in [0.2, 0.25) is 0 Å². The Hall–Kier alpha value is -2.43. The van der Waals surface area contributed by atoms with Gasteiger partial charge in [-0.3, -0.25) is 4.79 Å². The number of hydrogen-bond donors (Lipinski definition) is 2. The van der Waals surface area contributed by atoms with Crippen molar-refractivity contribution in [2.45, 2.75) is 0 Å². The molecule has 92 valence electrons. The summed E-state index contributed by atoms with van der Waals surface area (Å²) in [5, 5.41) is 11.2. The predicted octanol–water partition coefficient (Wildman–Crippen LogP) is 2.92. The van der Waals surface area contributed by atoms with E-state index in [0.29, 0.717) is 0 Å². The molecule has 0 bridgehead atoms. The molecule has 0 heterocycles. The largest absolute Gasteiger partial charge is 0.508 e. The molecule has 2 N–H and O–H groups in total. The van der Waals surface area contributed by atoms with Crippen molar-refractivity contribution in [1.82, 2.24) is 0 Å². The summed E-state index contributed by atoms with van der Waals surface area (Å²) in [4.78, 5) is 11.7. The smallest absolute Gasteiger partial charge is 0.258 e. The number of carbonyl (C=O) groups is 1. The molecule has 3 nitrogen and oxygen atoms in total. The molecule has 2 aromatic rings. The second-order valence-electron chi connectivity index (χ2n) is 3.60. The summed E-state index contributed by atoms with van der Waals surface area (Å²) in [6.07, 6.45) is 0. The first kappa shape index (κ1) is 12.0. The lowest BCUT2D eigenvalue weighted by Gasteiger charge is -2.07. The molecule has 2 rings (SSSR count). The lowest BCUT2D eigenvalue weighted by atomic mass is 10.2. The highest BCUT2D eigenvalue weighted by Gasteiger charge is 2.13. The van der Waals surface area contributed by atoms with Gasteiger partial charge in [0.1, 0.15) is 17.4 Å². The number of carbonyl (C=O) groups excluding carboxylic acids is 1. The van der Waals surface area contributed by atoms with Crippen LogP contribution in [0.5, 0.6) is 5.75 Å². The fraction of sp³-hybridized carbons (Fsp3) is 0.